The highest BCUT2D eigenvalue weighted by molar-refractivity contribution is 5.99. The van der Waals surface area contributed by atoms with E-state index in [1.165, 1.54) is 6.07 Å². The minimum atomic E-state index is -0.345. The van der Waals surface area contributed by atoms with Crippen LogP contribution in [0.2, 0.25) is 0 Å². The van der Waals surface area contributed by atoms with Gasteiger partial charge in [-0.1, -0.05) is 36.4 Å². The summed E-state index contributed by atoms with van der Waals surface area (Å²) in [4.78, 5) is 13.9. The topological polar surface area (TPSA) is 58.9 Å². The number of nitrogens with zero attached hydrogens (tertiary/aromatic N) is 1. The summed E-state index contributed by atoms with van der Waals surface area (Å²) in [6.45, 7) is 0. The number of hydrogen-bond acceptors (Lipinski definition) is 2. The zero-order valence-corrected chi connectivity index (χ0v) is 9.46. The van der Waals surface area contributed by atoms with Gasteiger partial charge in [-0.15, -0.1) is 0 Å². The Bertz CT molecular complexity index is 721. The van der Waals surface area contributed by atoms with Crippen molar-refractivity contribution in [2.75, 3.05) is 0 Å². The highest BCUT2D eigenvalue weighted by atomic mass is 16.6. The van der Waals surface area contributed by atoms with Crippen LogP contribution in [0.3, 0.4) is 0 Å². The van der Waals surface area contributed by atoms with Gasteiger partial charge in [-0.2, -0.15) is 0 Å². The first-order valence-electron chi connectivity index (χ1n) is 5.58. The molecule has 1 aliphatic rings. The number of hydrogen-bond donors (Lipinski definition) is 1. The first kappa shape index (κ1) is 10.5. The number of nitro groups is 1. The summed E-state index contributed by atoms with van der Waals surface area (Å²) >= 11 is 0. The molecular weight excluding hydrogens is 228 g/mol. The summed E-state index contributed by atoms with van der Waals surface area (Å²) in [6.07, 6.45) is 11.4. The van der Waals surface area contributed by atoms with E-state index in [0.717, 1.165) is 16.8 Å². The van der Waals surface area contributed by atoms with E-state index in [9.17, 15) is 10.1 Å². The minimum absolute atomic E-state index is 0.132. The van der Waals surface area contributed by atoms with Crippen molar-refractivity contribution in [3.8, 4) is 0 Å². The highest BCUT2D eigenvalue weighted by Gasteiger charge is 2.18. The molecule has 88 valence electrons. The number of rotatable bonds is 1. The monoisotopic (exact) mass is 238 g/mol. The lowest BCUT2D eigenvalue weighted by Crippen LogP contribution is -1.89. The molecule has 0 radical (unpaired) electrons. The molecule has 0 saturated heterocycles. The van der Waals surface area contributed by atoms with Crippen LogP contribution >= 0.6 is 0 Å². The molecule has 1 aromatic heterocycles. The molecule has 1 heterocycles. The standard InChI is InChI=1S/C14H10N2O2/c17-16(18)13-9-5-8-12-14(13)10-6-3-1-2-4-7-11(10)15-12/h1-9,15H. The fourth-order valence-corrected chi connectivity index (χ4v) is 2.16. The molecule has 0 unspecified atom stereocenters. The van der Waals surface area contributed by atoms with Crippen molar-refractivity contribution in [1.29, 1.82) is 0 Å². The number of benzene rings is 1. The van der Waals surface area contributed by atoms with Gasteiger partial charge in [-0.3, -0.25) is 10.1 Å². The molecule has 0 saturated carbocycles. The molecule has 0 amide bonds. The van der Waals surface area contributed by atoms with Gasteiger partial charge in [-0.25, -0.2) is 0 Å². The lowest BCUT2D eigenvalue weighted by molar-refractivity contribution is -0.383. The Balaban J connectivity index is 2.40. The predicted molar refractivity (Wildman–Crippen MR) is 72.2 cm³/mol. The van der Waals surface area contributed by atoms with Crippen LogP contribution in [-0.2, 0) is 0 Å². The van der Waals surface area contributed by atoms with Crippen molar-refractivity contribution >= 4 is 28.7 Å². The third kappa shape index (κ3) is 1.55. The Labute approximate surface area is 103 Å². The lowest BCUT2D eigenvalue weighted by Gasteiger charge is -1.97. The van der Waals surface area contributed by atoms with Gasteiger partial charge in [0.05, 0.1) is 15.8 Å². The quantitative estimate of drug-likeness (QED) is 0.608. The molecule has 1 N–H and O–H groups in total. The van der Waals surface area contributed by atoms with E-state index in [0.29, 0.717) is 5.39 Å². The Kier molecular flexibility index (Phi) is 2.34. The van der Waals surface area contributed by atoms with E-state index >= 15 is 0 Å². The second-order valence-electron chi connectivity index (χ2n) is 4.01. The van der Waals surface area contributed by atoms with Crippen LogP contribution in [0.4, 0.5) is 5.69 Å². The summed E-state index contributed by atoms with van der Waals surface area (Å²) in [6, 6.07) is 5.07. The maximum absolute atomic E-state index is 11.1. The molecule has 3 rings (SSSR count). The van der Waals surface area contributed by atoms with E-state index < -0.39 is 0 Å². The molecule has 4 heteroatoms. The minimum Gasteiger partial charge on any atom is -0.354 e. The summed E-state index contributed by atoms with van der Waals surface area (Å²) in [5.41, 5.74) is 2.66. The van der Waals surface area contributed by atoms with E-state index in [1.807, 2.05) is 42.5 Å². The Hall–Kier alpha value is -2.62. The number of nitrogens with one attached hydrogen (secondary N) is 1. The summed E-state index contributed by atoms with van der Waals surface area (Å²) in [5, 5.41) is 11.7. The van der Waals surface area contributed by atoms with Crippen LogP contribution in [0, 0.1) is 10.1 Å². The first-order chi connectivity index (χ1) is 8.77. The van der Waals surface area contributed by atoms with Crippen LogP contribution < -0.4 is 0 Å². The van der Waals surface area contributed by atoms with Crippen LogP contribution in [0.5, 0.6) is 0 Å². The zero-order chi connectivity index (χ0) is 12.5. The van der Waals surface area contributed by atoms with E-state index in [4.69, 9.17) is 0 Å². The van der Waals surface area contributed by atoms with Gasteiger partial charge in [0.15, 0.2) is 0 Å². The maximum Gasteiger partial charge on any atom is 0.279 e. The molecular formula is C14H10N2O2. The molecule has 0 atom stereocenters. The van der Waals surface area contributed by atoms with Crippen molar-refractivity contribution in [2.24, 2.45) is 0 Å². The molecule has 0 aliphatic heterocycles. The fraction of sp³-hybridized carbons (Fsp3) is 0. The summed E-state index contributed by atoms with van der Waals surface area (Å²) < 4.78 is 0. The van der Waals surface area contributed by atoms with Crippen molar-refractivity contribution in [2.45, 2.75) is 0 Å². The van der Waals surface area contributed by atoms with Gasteiger partial charge in [0.2, 0.25) is 0 Å². The molecule has 4 nitrogen and oxygen atoms in total. The van der Waals surface area contributed by atoms with Crippen LogP contribution in [-0.4, -0.2) is 9.91 Å². The molecule has 0 bridgehead atoms. The number of allylic oxidation sites excluding steroid dienone is 4. The number of fused-ring (bicyclic) bond motifs is 3. The second kappa shape index (κ2) is 4.00. The van der Waals surface area contributed by atoms with Crippen LogP contribution in [0.15, 0.2) is 42.5 Å². The van der Waals surface area contributed by atoms with Gasteiger partial charge < -0.3 is 4.98 Å². The SMILES string of the molecule is O=[N+]([O-])c1cccc2[nH]c3c(c12)C=CC=CC=C3. The Morgan fingerprint density at radius 2 is 1.83 bits per heavy atom. The molecule has 1 aromatic carbocycles. The fourth-order valence-electron chi connectivity index (χ4n) is 2.16. The van der Waals surface area contributed by atoms with Crippen molar-refractivity contribution in [3.05, 3.63) is 63.9 Å². The maximum atomic E-state index is 11.1. The molecule has 2 aromatic rings. The largest absolute Gasteiger partial charge is 0.354 e. The van der Waals surface area contributed by atoms with Crippen molar-refractivity contribution in [3.63, 3.8) is 0 Å². The third-order valence-electron chi connectivity index (χ3n) is 2.93. The van der Waals surface area contributed by atoms with Crippen LogP contribution in [0.25, 0.3) is 23.1 Å². The van der Waals surface area contributed by atoms with Gasteiger partial charge in [0.25, 0.3) is 5.69 Å². The molecule has 0 spiro atoms. The average Bonchev–Trinajstić information content (AvgIpc) is 2.66. The number of H-pyrrole nitrogens is 1. The first-order valence-corrected chi connectivity index (χ1v) is 5.58. The average molecular weight is 238 g/mol. The number of aromatic nitrogens is 1. The number of non-ortho nitro benzene ring substituents is 1. The normalized spacial score (nSPS) is 13.3. The number of nitro benzene ring substituents is 1. The van der Waals surface area contributed by atoms with Crippen molar-refractivity contribution < 1.29 is 4.92 Å². The van der Waals surface area contributed by atoms with Gasteiger partial charge in [0, 0.05) is 17.3 Å². The zero-order valence-electron chi connectivity index (χ0n) is 9.46. The second-order valence-corrected chi connectivity index (χ2v) is 4.01. The summed E-state index contributed by atoms with van der Waals surface area (Å²) in [7, 11) is 0. The van der Waals surface area contributed by atoms with E-state index in [2.05, 4.69) is 4.98 Å². The molecule has 1 aliphatic carbocycles. The predicted octanol–water partition coefficient (Wildman–Crippen LogP) is 3.67. The van der Waals surface area contributed by atoms with Crippen molar-refractivity contribution in [1.82, 2.24) is 4.98 Å². The highest BCUT2D eigenvalue weighted by Crippen LogP contribution is 2.32. The molecule has 0 fully saturated rings. The van der Waals surface area contributed by atoms with Gasteiger partial charge in [0.1, 0.15) is 0 Å². The Morgan fingerprint density at radius 3 is 2.61 bits per heavy atom. The van der Waals surface area contributed by atoms with Crippen LogP contribution in [0.1, 0.15) is 11.3 Å². The van der Waals surface area contributed by atoms with Gasteiger partial charge in [-0.05, 0) is 12.1 Å². The number of aromatic amines is 1. The van der Waals surface area contributed by atoms with Gasteiger partial charge >= 0.3 is 0 Å². The summed E-state index contributed by atoms with van der Waals surface area (Å²) in [5.74, 6) is 0. The Morgan fingerprint density at radius 1 is 1.06 bits per heavy atom. The molecule has 18 heavy (non-hydrogen) atoms. The van der Waals surface area contributed by atoms with E-state index in [-0.39, 0.29) is 10.6 Å². The third-order valence-corrected chi connectivity index (χ3v) is 2.93. The smallest absolute Gasteiger partial charge is 0.279 e. The van der Waals surface area contributed by atoms with E-state index in [1.54, 1.807) is 6.07 Å². The lowest BCUT2D eigenvalue weighted by atomic mass is 10.1.